The summed E-state index contributed by atoms with van der Waals surface area (Å²) in [6, 6.07) is 15.0. The maximum Gasteiger partial charge on any atom is 0.422 e. The number of rotatable bonds is 15. The van der Waals surface area contributed by atoms with Crippen LogP contribution in [0.25, 0.3) is 66.3 Å². The Bertz CT molecular complexity index is 3710. The molecule has 0 unspecified atom stereocenters. The van der Waals surface area contributed by atoms with Crippen molar-refractivity contribution < 1.29 is 31.4 Å². The molecule has 26 heteroatoms. The highest BCUT2D eigenvalue weighted by atomic mass is 32.1. The number of aromatic nitrogens is 16. The number of nitrogens with zero attached hydrogens (tertiary/aromatic N) is 16. The van der Waals surface area contributed by atoms with Crippen LogP contribution in [0.5, 0.6) is 11.5 Å². The molecule has 1 aromatic carbocycles. The summed E-state index contributed by atoms with van der Waals surface area (Å²) in [5.74, 6) is -0.408. The lowest BCUT2D eigenvalue weighted by atomic mass is 10.0. The van der Waals surface area contributed by atoms with Gasteiger partial charge in [-0.3, -0.25) is 9.97 Å². The van der Waals surface area contributed by atoms with E-state index in [-0.39, 0.29) is 31.0 Å². The molecule has 0 saturated heterocycles. The lowest BCUT2D eigenvalue weighted by Gasteiger charge is -2.16. The predicted molar refractivity (Wildman–Crippen MR) is 243 cm³/mol. The van der Waals surface area contributed by atoms with Crippen molar-refractivity contribution in [1.29, 1.82) is 0 Å². The maximum atomic E-state index is 14.1. The Labute approximate surface area is 393 Å². The zero-order chi connectivity index (χ0) is 47.9. The van der Waals surface area contributed by atoms with Crippen LogP contribution in [0.2, 0.25) is 0 Å². The number of ether oxygens (including phenoxy) is 2. The summed E-state index contributed by atoms with van der Waals surface area (Å²) >= 11 is 1.26. The molecule has 350 valence electrons. The molecule has 0 radical (unpaired) electrons. The quantitative estimate of drug-likeness (QED) is 0.0960. The van der Waals surface area contributed by atoms with Crippen molar-refractivity contribution in [3.63, 3.8) is 0 Å². The number of hydrogen-bond donors (Lipinski definition) is 2. The first-order valence-electron chi connectivity index (χ1n) is 21.0. The summed E-state index contributed by atoms with van der Waals surface area (Å²) in [7, 11) is 0. The predicted octanol–water partition coefficient (Wildman–Crippen LogP) is 7.33. The molecule has 11 rings (SSSR count). The number of alkyl halides is 3. The van der Waals surface area contributed by atoms with Gasteiger partial charge < -0.3 is 20.1 Å². The lowest BCUT2D eigenvalue weighted by molar-refractivity contribution is -0.153. The van der Waals surface area contributed by atoms with Crippen LogP contribution in [-0.2, 0) is 19.6 Å². The van der Waals surface area contributed by atoms with E-state index in [9.17, 15) is 22.0 Å². The van der Waals surface area contributed by atoms with Gasteiger partial charge in [-0.15, -0.1) is 20.4 Å². The smallest absolute Gasteiger partial charge is 0.422 e. The van der Waals surface area contributed by atoms with Gasteiger partial charge in [-0.05, 0) is 67.0 Å². The molecule has 0 saturated carbocycles. The first-order chi connectivity index (χ1) is 34.0. The van der Waals surface area contributed by atoms with E-state index in [1.54, 1.807) is 52.2 Å². The number of fused-ring (bicyclic) bond motifs is 4. The molecule has 0 amide bonds. The maximum absolute atomic E-state index is 14.1. The molecule has 0 aliphatic heterocycles. The largest absolute Gasteiger partial charge is 0.489 e. The van der Waals surface area contributed by atoms with Crippen LogP contribution in [0, 0.1) is 18.6 Å². The molecule has 2 N–H and O–H groups in total. The minimum absolute atomic E-state index is 0.0728. The van der Waals surface area contributed by atoms with Crippen LogP contribution in [-0.4, -0.2) is 98.1 Å². The highest BCUT2D eigenvalue weighted by molar-refractivity contribution is 7.09. The molecular formula is C44H31F5N18O2S. The van der Waals surface area contributed by atoms with E-state index in [1.807, 2.05) is 19.1 Å². The number of aryl methyl sites for hydroxylation is 1. The van der Waals surface area contributed by atoms with Crippen molar-refractivity contribution in [2.45, 2.75) is 32.7 Å². The normalized spacial score (nSPS) is 11.9. The Kier molecular flexibility index (Phi) is 11.2. The van der Waals surface area contributed by atoms with Crippen molar-refractivity contribution in [1.82, 2.24) is 78.7 Å². The first kappa shape index (κ1) is 43.6. The number of halogens is 5. The summed E-state index contributed by atoms with van der Waals surface area (Å²) in [6.07, 6.45) is 4.40. The van der Waals surface area contributed by atoms with Gasteiger partial charge in [-0.1, -0.05) is 0 Å². The fourth-order valence-electron chi connectivity index (χ4n) is 7.55. The Morgan fingerprint density at radius 2 is 1.49 bits per heavy atom. The first-order valence-corrected chi connectivity index (χ1v) is 21.8. The Hall–Kier alpha value is -8.94. The molecule has 10 aromatic heterocycles. The van der Waals surface area contributed by atoms with Gasteiger partial charge >= 0.3 is 6.18 Å². The molecule has 0 spiro atoms. The van der Waals surface area contributed by atoms with Gasteiger partial charge in [0, 0.05) is 35.7 Å². The Morgan fingerprint density at radius 3 is 2.26 bits per heavy atom. The van der Waals surface area contributed by atoms with Crippen molar-refractivity contribution in [2.75, 3.05) is 23.8 Å². The van der Waals surface area contributed by atoms with Gasteiger partial charge in [-0.25, -0.2) is 28.4 Å². The van der Waals surface area contributed by atoms with Crippen LogP contribution in [0.1, 0.15) is 17.3 Å². The third-order valence-electron chi connectivity index (χ3n) is 10.7. The summed E-state index contributed by atoms with van der Waals surface area (Å²) in [5, 5.41) is 38.3. The van der Waals surface area contributed by atoms with Crippen molar-refractivity contribution in [3.8, 4) is 44.5 Å². The molecule has 11 aromatic rings. The lowest BCUT2D eigenvalue weighted by Crippen LogP contribution is -2.19. The number of hydrogen-bond acceptors (Lipinski definition) is 18. The third-order valence-corrected chi connectivity index (χ3v) is 11.6. The number of pyridine rings is 4. The fourth-order valence-corrected chi connectivity index (χ4v) is 8.26. The standard InChI is InChI=1S/C44H31F5N18O2S/c1-23-10-35(70-64-23)32-15-28(43-61-60-38(67(43)63-32)19-53-30-4-6-51-33-14-27(16-55-40(30)33)69-20-44(47,48)49)39-34(68-9-8-65-22-50-21-57-65)17-56-41-31(5-7-52-42(39)41)54-18-37-59-58-36-3-2-29(62-66(36)37)24-11-25(45)13-26(46)12-24/h2-7,10-17,21-22H,8-9,18-20H2,1H3,(H,51,53)(H,52,54). The van der Waals surface area contributed by atoms with E-state index in [0.717, 1.165) is 16.6 Å². The van der Waals surface area contributed by atoms with Gasteiger partial charge in [0.1, 0.15) is 64.6 Å². The van der Waals surface area contributed by atoms with E-state index < -0.39 is 24.4 Å². The molecule has 20 nitrogen and oxygen atoms in total. The zero-order valence-electron chi connectivity index (χ0n) is 36.0. The number of benzene rings is 1. The fraction of sp³-hybridized carbons (Fsp3) is 0.159. The van der Waals surface area contributed by atoms with Crippen LogP contribution < -0.4 is 20.1 Å². The summed E-state index contributed by atoms with van der Waals surface area (Å²) in [4.78, 5) is 23.1. The van der Waals surface area contributed by atoms with Gasteiger partial charge in [-0.2, -0.15) is 41.9 Å². The van der Waals surface area contributed by atoms with E-state index in [4.69, 9.17) is 24.5 Å². The zero-order valence-corrected chi connectivity index (χ0v) is 36.9. The van der Waals surface area contributed by atoms with Crippen molar-refractivity contribution in [3.05, 3.63) is 127 Å². The molecular weight excluding hydrogens is 940 g/mol. The van der Waals surface area contributed by atoms with Crippen molar-refractivity contribution >= 4 is 56.3 Å². The second kappa shape index (κ2) is 17.9. The van der Waals surface area contributed by atoms with E-state index >= 15 is 0 Å². The van der Waals surface area contributed by atoms with Crippen molar-refractivity contribution in [2.24, 2.45) is 0 Å². The summed E-state index contributed by atoms with van der Waals surface area (Å²) in [6.45, 7) is 1.12. The van der Waals surface area contributed by atoms with E-state index in [2.05, 4.69) is 60.6 Å². The van der Waals surface area contributed by atoms with Gasteiger partial charge in [0.2, 0.25) is 0 Å². The minimum Gasteiger partial charge on any atom is -0.489 e. The summed E-state index contributed by atoms with van der Waals surface area (Å²) < 4.78 is 87.5. The van der Waals surface area contributed by atoms with E-state index in [0.29, 0.717) is 91.2 Å². The Balaban J connectivity index is 0.977. The molecule has 10 heterocycles. The molecule has 0 bridgehead atoms. The Morgan fingerprint density at radius 1 is 0.729 bits per heavy atom. The number of anilines is 2. The summed E-state index contributed by atoms with van der Waals surface area (Å²) in [5.41, 5.74) is 6.35. The van der Waals surface area contributed by atoms with Gasteiger partial charge in [0.25, 0.3) is 0 Å². The molecule has 70 heavy (non-hydrogen) atoms. The molecule has 0 aliphatic rings. The van der Waals surface area contributed by atoms with Gasteiger partial charge in [0.05, 0.1) is 70.7 Å². The average Bonchev–Trinajstić information content (AvgIpc) is 4.19. The van der Waals surface area contributed by atoms with Crippen LogP contribution in [0.4, 0.5) is 33.3 Å². The SMILES string of the molecule is Cc1cc(-c2cc(-c3c(OCCn4cncn4)cnc4c(NCc5nnc6ccc(-c7cc(F)cc(F)c7)nn56)ccnc34)c3nnc(CNc4ccnc5cc(OCC(F)(F)F)cnc45)n3n2)sn1. The van der Waals surface area contributed by atoms with E-state index in [1.165, 1.54) is 53.0 Å². The second-order valence-corrected chi connectivity index (χ2v) is 16.3. The highest BCUT2D eigenvalue weighted by Crippen LogP contribution is 2.41. The van der Waals surface area contributed by atoms with Crippen LogP contribution in [0.3, 0.4) is 0 Å². The van der Waals surface area contributed by atoms with Crippen LogP contribution >= 0.6 is 11.5 Å². The van der Waals surface area contributed by atoms with Gasteiger partial charge in [0.15, 0.2) is 29.6 Å². The highest BCUT2D eigenvalue weighted by Gasteiger charge is 2.29. The molecule has 0 atom stereocenters. The second-order valence-electron chi connectivity index (χ2n) is 15.5. The monoisotopic (exact) mass is 970 g/mol. The topological polar surface area (TPSA) is 224 Å². The number of nitrogens with one attached hydrogen (secondary N) is 2. The molecule has 0 fully saturated rings. The minimum atomic E-state index is -4.52. The molecule has 0 aliphatic carbocycles. The third kappa shape index (κ3) is 8.84. The van der Waals surface area contributed by atoms with Crippen LogP contribution in [0.15, 0.2) is 98.1 Å². The average molecular weight is 971 g/mol.